The topological polar surface area (TPSA) is 37.4 Å². The summed E-state index contributed by atoms with van der Waals surface area (Å²) in [4.78, 5) is 22.9. The van der Waals surface area contributed by atoms with E-state index in [0.717, 1.165) is 0 Å². The van der Waals surface area contributed by atoms with Gasteiger partial charge in [-0.05, 0) is 24.3 Å². The average Bonchev–Trinajstić information content (AvgIpc) is 2.35. The summed E-state index contributed by atoms with van der Waals surface area (Å²) in [7, 11) is 0. The number of nitrogens with zero attached hydrogens (tertiary/aromatic N) is 1. The normalized spacial score (nSPS) is 11.2. The monoisotopic (exact) mass is 357 g/mol. The van der Waals surface area contributed by atoms with Gasteiger partial charge in [0.2, 0.25) is 0 Å². The number of halogens is 5. The van der Waals surface area contributed by atoms with Crippen molar-refractivity contribution < 1.29 is 22.8 Å². The van der Waals surface area contributed by atoms with Crippen molar-refractivity contribution in [2.75, 3.05) is 16.8 Å². The Bertz CT molecular complexity index is 476. The maximum Gasteiger partial charge on any atom is 0.471 e. The molecule has 0 heterocycles. The lowest BCUT2D eigenvalue weighted by atomic mass is 10.2. The predicted molar refractivity (Wildman–Crippen MR) is 68.7 cm³/mol. The first kappa shape index (κ1) is 16.0. The lowest BCUT2D eigenvalue weighted by Gasteiger charge is -2.22. The van der Waals surface area contributed by atoms with Crippen LogP contribution in [-0.4, -0.2) is 29.7 Å². The molecule has 0 atom stereocenters. The predicted octanol–water partition coefficient (Wildman–Crippen LogP) is 3.20. The SMILES string of the molecule is O=C(CBr)CN(C(=O)C(F)(F)F)c1ccc(Cl)cc1. The highest BCUT2D eigenvalue weighted by atomic mass is 79.9. The summed E-state index contributed by atoms with van der Waals surface area (Å²) >= 11 is 8.46. The molecule has 0 bridgehead atoms. The third kappa shape index (κ3) is 4.50. The van der Waals surface area contributed by atoms with Crippen LogP contribution in [-0.2, 0) is 9.59 Å². The molecular formula is C11H8BrClF3NO2. The summed E-state index contributed by atoms with van der Waals surface area (Å²) in [5.74, 6) is -2.64. The van der Waals surface area contributed by atoms with Crippen molar-refractivity contribution in [2.45, 2.75) is 6.18 Å². The molecule has 0 N–H and O–H groups in total. The molecule has 0 unspecified atom stereocenters. The number of benzene rings is 1. The standard InChI is InChI=1S/C11H8BrClF3NO2/c12-5-9(18)6-17(10(19)11(14,15)16)8-3-1-7(13)2-4-8/h1-4H,5-6H2. The van der Waals surface area contributed by atoms with E-state index in [0.29, 0.717) is 9.92 Å². The molecule has 3 nitrogen and oxygen atoms in total. The summed E-state index contributed by atoms with van der Waals surface area (Å²) in [5, 5.41) is 0.178. The molecule has 0 aromatic heterocycles. The Morgan fingerprint density at radius 1 is 1.21 bits per heavy atom. The van der Waals surface area contributed by atoms with Gasteiger partial charge in [0.05, 0.1) is 11.9 Å². The average molecular weight is 359 g/mol. The van der Waals surface area contributed by atoms with E-state index in [1.807, 2.05) is 0 Å². The Balaban J connectivity index is 3.08. The zero-order chi connectivity index (χ0) is 14.6. The van der Waals surface area contributed by atoms with Gasteiger partial charge in [0.1, 0.15) is 0 Å². The van der Waals surface area contributed by atoms with Crippen LogP contribution in [0, 0.1) is 0 Å². The van der Waals surface area contributed by atoms with E-state index in [-0.39, 0.29) is 11.0 Å². The molecule has 19 heavy (non-hydrogen) atoms. The maximum atomic E-state index is 12.5. The Hall–Kier alpha value is -1.08. The van der Waals surface area contributed by atoms with Gasteiger partial charge in [0, 0.05) is 10.7 Å². The van der Waals surface area contributed by atoms with Crippen LogP contribution >= 0.6 is 27.5 Å². The van der Waals surface area contributed by atoms with Crippen molar-refractivity contribution >= 4 is 44.9 Å². The number of rotatable bonds is 4. The number of Topliss-reactive ketones (excluding diaryl/α,β-unsaturated/α-hetero) is 1. The summed E-state index contributed by atoms with van der Waals surface area (Å²) in [6, 6.07) is 5.17. The Morgan fingerprint density at radius 2 is 1.74 bits per heavy atom. The molecular weight excluding hydrogens is 350 g/mol. The number of alkyl halides is 4. The van der Waals surface area contributed by atoms with Crippen molar-refractivity contribution in [3.05, 3.63) is 29.3 Å². The number of anilines is 1. The quantitative estimate of drug-likeness (QED) is 0.775. The van der Waals surface area contributed by atoms with Gasteiger partial charge in [0.15, 0.2) is 5.78 Å². The van der Waals surface area contributed by atoms with Crippen molar-refractivity contribution in [1.82, 2.24) is 0 Å². The van der Waals surface area contributed by atoms with E-state index in [2.05, 4.69) is 15.9 Å². The number of carbonyl (C=O) groups is 2. The van der Waals surface area contributed by atoms with E-state index < -0.39 is 24.4 Å². The van der Waals surface area contributed by atoms with Crippen LogP contribution in [0.4, 0.5) is 18.9 Å². The van der Waals surface area contributed by atoms with Crippen LogP contribution in [0.2, 0.25) is 5.02 Å². The molecule has 1 aromatic rings. The van der Waals surface area contributed by atoms with Gasteiger partial charge < -0.3 is 0 Å². The van der Waals surface area contributed by atoms with Gasteiger partial charge in [-0.1, -0.05) is 27.5 Å². The molecule has 0 aliphatic rings. The van der Waals surface area contributed by atoms with E-state index >= 15 is 0 Å². The first-order chi connectivity index (χ1) is 8.75. The molecule has 1 rings (SSSR count). The van der Waals surface area contributed by atoms with E-state index in [1.54, 1.807) is 0 Å². The summed E-state index contributed by atoms with van der Waals surface area (Å²) in [5.41, 5.74) is -0.0407. The molecule has 0 aliphatic carbocycles. The zero-order valence-electron chi connectivity index (χ0n) is 9.38. The van der Waals surface area contributed by atoms with E-state index in [4.69, 9.17) is 11.6 Å². The molecule has 8 heteroatoms. The molecule has 0 aliphatic heterocycles. The van der Waals surface area contributed by atoms with Gasteiger partial charge in [-0.15, -0.1) is 0 Å². The molecule has 0 spiro atoms. The highest BCUT2D eigenvalue weighted by molar-refractivity contribution is 9.09. The molecule has 0 fully saturated rings. The Kier molecular flexibility index (Phi) is 5.37. The third-order valence-corrected chi connectivity index (χ3v) is 2.99. The fourth-order valence-corrected chi connectivity index (χ4v) is 1.58. The van der Waals surface area contributed by atoms with Crippen LogP contribution in [0.1, 0.15) is 0 Å². The highest BCUT2D eigenvalue weighted by Gasteiger charge is 2.43. The number of carbonyl (C=O) groups excluding carboxylic acids is 2. The molecule has 0 saturated carbocycles. The molecule has 1 aromatic carbocycles. The van der Waals surface area contributed by atoms with Crippen molar-refractivity contribution in [3.63, 3.8) is 0 Å². The second-order valence-electron chi connectivity index (χ2n) is 3.54. The number of hydrogen-bond donors (Lipinski definition) is 0. The molecule has 104 valence electrons. The number of hydrogen-bond acceptors (Lipinski definition) is 2. The lowest BCUT2D eigenvalue weighted by Crippen LogP contribution is -2.44. The smallest absolute Gasteiger partial charge is 0.297 e. The minimum absolute atomic E-state index is 0.0407. The van der Waals surface area contributed by atoms with Gasteiger partial charge >= 0.3 is 12.1 Å². The minimum atomic E-state index is -5.05. The summed E-state index contributed by atoms with van der Waals surface area (Å²) < 4.78 is 37.4. The van der Waals surface area contributed by atoms with Crippen molar-refractivity contribution in [2.24, 2.45) is 0 Å². The Morgan fingerprint density at radius 3 is 2.16 bits per heavy atom. The van der Waals surface area contributed by atoms with Crippen LogP contribution in [0.15, 0.2) is 24.3 Å². The fourth-order valence-electron chi connectivity index (χ4n) is 1.27. The molecule has 0 radical (unpaired) electrons. The second-order valence-corrected chi connectivity index (χ2v) is 4.53. The minimum Gasteiger partial charge on any atom is -0.297 e. The maximum absolute atomic E-state index is 12.5. The van der Waals surface area contributed by atoms with Crippen molar-refractivity contribution in [3.8, 4) is 0 Å². The van der Waals surface area contributed by atoms with Crippen molar-refractivity contribution in [1.29, 1.82) is 0 Å². The van der Waals surface area contributed by atoms with E-state index in [1.165, 1.54) is 24.3 Å². The summed E-state index contributed by atoms with van der Waals surface area (Å²) in [6.07, 6.45) is -5.05. The van der Waals surface area contributed by atoms with Crippen LogP contribution < -0.4 is 4.90 Å². The third-order valence-electron chi connectivity index (χ3n) is 2.11. The number of amides is 1. The summed E-state index contributed by atoms with van der Waals surface area (Å²) in [6.45, 7) is -0.661. The first-order valence-electron chi connectivity index (χ1n) is 4.97. The van der Waals surface area contributed by atoms with Gasteiger partial charge in [0.25, 0.3) is 0 Å². The first-order valence-corrected chi connectivity index (χ1v) is 6.47. The van der Waals surface area contributed by atoms with Gasteiger partial charge in [-0.25, -0.2) is 0 Å². The van der Waals surface area contributed by atoms with Gasteiger partial charge in [-0.3, -0.25) is 14.5 Å². The van der Waals surface area contributed by atoms with Crippen LogP contribution in [0.5, 0.6) is 0 Å². The molecule has 0 saturated heterocycles. The highest BCUT2D eigenvalue weighted by Crippen LogP contribution is 2.24. The van der Waals surface area contributed by atoms with Crippen LogP contribution in [0.3, 0.4) is 0 Å². The van der Waals surface area contributed by atoms with Crippen LogP contribution in [0.25, 0.3) is 0 Å². The lowest BCUT2D eigenvalue weighted by molar-refractivity contribution is -0.170. The second kappa shape index (κ2) is 6.38. The number of ketones is 1. The zero-order valence-corrected chi connectivity index (χ0v) is 11.7. The fraction of sp³-hybridized carbons (Fsp3) is 0.273. The Labute approximate surface area is 120 Å². The van der Waals surface area contributed by atoms with E-state index in [9.17, 15) is 22.8 Å². The van der Waals surface area contributed by atoms with Gasteiger partial charge in [-0.2, -0.15) is 13.2 Å². The largest absolute Gasteiger partial charge is 0.471 e. The molecule has 1 amide bonds.